The molecule has 0 radical (unpaired) electrons. The summed E-state index contributed by atoms with van der Waals surface area (Å²) in [6.45, 7) is 0.121. The van der Waals surface area contributed by atoms with E-state index in [0.717, 1.165) is 37.7 Å². The molecule has 6 nitrogen and oxygen atoms in total. The van der Waals surface area contributed by atoms with Crippen LogP contribution >= 0.6 is 0 Å². The van der Waals surface area contributed by atoms with Gasteiger partial charge < -0.3 is 19.5 Å². The van der Waals surface area contributed by atoms with Gasteiger partial charge in [0.15, 0.2) is 11.5 Å². The lowest BCUT2D eigenvalue weighted by molar-refractivity contribution is -0.141. The fraction of sp³-hybridized carbons (Fsp3) is 0.333. The third kappa shape index (κ3) is 3.03. The van der Waals surface area contributed by atoms with Crippen molar-refractivity contribution >= 4 is 17.4 Å². The molecule has 154 valence electrons. The van der Waals surface area contributed by atoms with Gasteiger partial charge in [-0.2, -0.15) is 0 Å². The van der Waals surface area contributed by atoms with Crippen LogP contribution in [-0.2, 0) is 9.59 Å². The minimum Gasteiger partial charge on any atom is -0.507 e. The molecule has 1 saturated carbocycles. The molecule has 1 aliphatic carbocycles. The molecule has 3 aliphatic rings. The van der Waals surface area contributed by atoms with Crippen molar-refractivity contribution in [2.45, 2.75) is 44.2 Å². The van der Waals surface area contributed by atoms with Crippen LogP contribution in [0.25, 0.3) is 5.76 Å². The van der Waals surface area contributed by atoms with Crippen LogP contribution < -0.4 is 9.47 Å². The summed E-state index contributed by atoms with van der Waals surface area (Å²) in [6, 6.07) is 13.9. The van der Waals surface area contributed by atoms with E-state index in [9.17, 15) is 14.7 Å². The van der Waals surface area contributed by atoms with Crippen molar-refractivity contribution < 1.29 is 24.2 Å². The van der Waals surface area contributed by atoms with Crippen LogP contribution in [0, 0.1) is 0 Å². The van der Waals surface area contributed by atoms with Crippen LogP contribution in [0.15, 0.2) is 54.1 Å². The number of ether oxygens (including phenoxy) is 2. The molecule has 2 fully saturated rings. The summed E-state index contributed by atoms with van der Waals surface area (Å²) in [4.78, 5) is 27.9. The van der Waals surface area contributed by atoms with Gasteiger partial charge in [-0.15, -0.1) is 0 Å². The zero-order valence-corrected chi connectivity index (χ0v) is 16.5. The first-order valence-corrected chi connectivity index (χ1v) is 10.4. The summed E-state index contributed by atoms with van der Waals surface area (Å²) in [5.41, 5.74) is 1.39. The first kappa shape index (κ1) is 18.7. The van der Waals surface area contributed by atoms with E-state index in [1.807, 2.05) is 30.3 Å². The number of carbonyl (C=O) groups excluding carboxylic acids is 2. The number of hydrogen-bond donors (Lipinski definition) is 1. The Morgan fingerprint density at radius 1 is 0.933 bits per heavy atom. The van der Waals surface area contributed by atoms with Crippen molar-refractivity contribution in [1.82, 2.24) is 4.90 Å². The van der Waals surface area contributed by atoms with Crippen LogP contribution in [0.5, 0.6) is 11.5 Å². The number of likely N-dealkylation sites (tertiary alicyclic amines) is 1. The Morgan fingerprint density at radius 2 is 1.67 bits per heavy atom. The number of rotatable bonds is 3. The zero-order chi connectivity index (χ0) is 20.7. The van der Waals surface area contributed by atoms with Crippen LogP contribution in [0.3, 0.4) is 0 Å². The van der Waals surface area contributed by atoms with Crippen LogP contribution in [0.4, 0.5) is 0 Å². The molecule has 0 bridgehead atoms. The van der Waals surface area contributed by atoms with Gasteiger partial charge in [0, 0.05) is 11.6 Å². The number of amides is 1. The molecule has 30 heavy (non-hydrogen) atoms. The molecular weight excluding hydrogens is 382 g/mol. The number of ketones is 1. The van der Waals surface area contributed by atoms with E-state index in [2.05, 4.69) is 0 Å². The molecule has 2 aromatic carbocycles. The van der Waals surface area contributed by atoms with Gasteiger partial charge in [-0.3, -0.25) is 9.59 Å². The van der Waals surface area contributed by atoms with E-state index in [1.165, 1.54) is 0 Å². The highest BCUT2D eigenvalue weighted by Crippen LogP contribution is 2.44. The molecule has 0 spiro atoms. The highest BCUT2D eigenvalue weighted by Gasteiger charge is 2.48. The summed E-state index contributed by atoms with van der Waals surface area (Å²) in [7, 11) is 0. The minimum atomic E-state index is -0.635. The van der Waals surface area contributed by atoms with E-state index in [4.69, 9.17) is 9.47 Å². The van der Waals surface area contributed by atoms with Crippen molar-refractivity contribution in [1.29, 1.82) is 0 Å². The van der Waals surface area contributed by atoms with Crippen molar-refractivity contribution in [3.8, 4) is 11.5 Å². The number of Topliss-reactive ketones (excluding diaryl/α,β-unsaturated/α-hetero) is 1. The van der Waals surface area contributed by atoms with Gasteiger partial charge >= 0.3 is 0 Å². The number of benzene rings is 2. The van der Waals surface area contributed by atoms with Gasteiger partial charge in [-0.05, 0) is 36.6 Å². The lowest BCUT2D eigenvalue weighted by Gasteiger charge is -2.35. The summed E-state index contributed by atoms with van der Waals surface area (Å²) in [6.07, 6.45) is 4.98. The summed E-state index contributed by atoms with van der Waals surface area (Å²) in [5.74, 6) is -0.243. The van der Waals surface area contributed by atoms with Crippen molar-refractivity contribution in [2.24, 2.45) is 0 Å². The number of hydrogen-bond acceptors (Lipinski definition) is 5. The molecule has 5 rings (SSSR count). The quantitative estimate of drug-likeness (QED) is 0.471. The van der Waals surface area contributed by atoms with E-state index in [-0.39, 0.29) is 24.2 Å². The minimum absolute atomic E-state index is 0.00228. The molecule has 2 heterocycles. The fourth-order valence-electron chi connectivity index (χ4n) is 4.75. The topological polar surface area (TPSA) is 76.1 Å². The Bertz CT molecular complexity index is 1020. The lowest BCUT2D eigenvalue weighted by atomic mass is 9.91. The van der Waals surface area contributed by atoms with E-state index in [1.54, 1.807) is 23.1 Å². The molecule has 2 aliphatic heterocycles. The standard InChI is InChI=1S/C24H23NO5/c26-22(16-11-12-18-19(13-16)30-14-29-18)20-21(15-7-3-1-4-8-15)25(24(28)23(20)27)17-9-5-2-6-10-17/h1,3-4,7-8,11-13,17,21,26H,2,5-6,9-10,14H2/b22-20-. The number of fused-ring (bicyclic) bond motifs is 1. The third-order valence-electron chi connectivity index (χ3n) is 6.21. The van der Waals surface area contributed by atoms with Crippen molar-refractivity contribution in [3.05, 3.63) is 65.2 Å². The van der Waals surface area contributed by atoms with Gasteiger partial charge in [0.1, 0.15) is 5.76 Å². The Labute approximate surface area is 174 Å². The molecule has 1 amide bonds. The first-order valence-electron chi connectivity index (χ1n) is 10.4. The molecule has 2 aromatic rings. The molecular formula is C24H23NO5. The Kier molecular flexibility index (Phi) is 4.69. The Balaban J connectivity index is 1.64. The smallest absolute Gasteiger partial charge is 0.295 e. The second kappa shape index (κ2) is 7.52. The highest BCUT2D eigenvalue weighted by molar-refractivity contribution is 6.46. The monoisotopic (exact) mass is 405 g/mol. The predicted octanol–water partition coefficient (Wildman–Crippen LogP) is 4.17. The second-order valence-electron chi connectivity index (χ2n) is 7.98. The maximum absolute atomic E-state index is 13.1. The SMILES string of the molecule is O=C1C(=O)N(C2CCCCC2)C(c2ccccc2)/C1=C(/O)c1ccc2c(c1)OCO2. The average Bonchev–Trinajstić information content (AvgIpc) is 3.36. The third-order valence-corrected chi connectivity index (χ3v) is 6.21. The van der Waals surface area contributed by atoms with Crippen LogP contribution in [0.2, 0.25) is 0 Å². The Hall–Kier alpha value is -3.28. The summed E-state index contributed by atoms with van der Waals surface area (Å²) < 4.78 is 10.7. The Morgan fingerprint density at radius 3 is 2.43 bits per heavy atom. The average molecular weight is 405 g/mol. The van der Waals surface area contributed by atoms with Gasteiger partial charge in [-0.25, -0.2) is 0 Å². The number of carbonyl (C=O) groups is 2. The maximum atomic E-state index is 13.1. The van der Waals surface area contributed by atoms with Crippen molar-refractivity contribution in [3.63, 3.8) is 0 Å². The van der Waals surface area contributed by atoms with Crippen LogP contribution in [-0.4, -0.2) is 34.5 Å². The second-order valence-corrected chi connectivity index (χ2v) is 7.98. The lowest BCUT2D eigenvalue weighted by Crippen LogP contribution is -2.40. The molecule has 1 unspecified atom stereocenters. The highest BCUT2D eigenvalue weighted by atomic mass is 16.7. The first-order chi connectivity index (χ1) is 14.6. The molecule has 0 aromatic heterocycles. The molecule has 1 atom stereocenters. The fourth-order valence-corrected chi connectivity index (χ4v) is 4.75. The van der Waals surface area contributed by atoms with Crippen LogP contribution in [0.1, 0.15) is 49.3 Å². The predicted molar refractivity (Wildman–Crippen MR) is 110 cm³/mol. The maximum Gasteiger partial charge on any atom is 0.295 e. The van der Waals surface area contributed by atoms with Crippen molar-refractivity contribution in [2.75, 3.05) is 6.79 Å². The van der Waals surface area contributed by atoms with E-state index in [0.29, 0.717) is 17.1 Å². The van der Waals surface area contributed by atoms with Gasteiger partial charge in [0.05, 0.1) is 11.6 Å². The van der Waals surface area contributed by atoms with Gasteiger partial charge in [0.25, 0.3) is 11.7 Å². The normalized spacial score (nSPS) is 23.2. The largest absolute Gasteiger partial charge is 0.507 e. The number of aliphatic hydroxyl groups excluding tert-OH is 1. The number of nitrogens with zero attached hydrogens (tertiary/aromatic N) is 1. The van der Waals surface area contributed by atoms with Gasteiger partial charge in [0.2, 0.25) is 6.79 Å². The summed E-state index contributed by atoms with van der Waals surface area (Å²) >= 11 is 0. The molecule has 6 heteroatoms. The number of aliphatic hydroxyl groups is 1. The molecule has 1 N–H and O–H groups in total. The van der Waals surface area contributed by atoms with E-state index >= 15 is 0 Å². The summed E-state index contributed by atoms with van der Waals surface area (Å²) in [5, 5.41) is 11.2. The van der Waals surface area contributed by atoms with E-state index < -0.39 is 17.7 Å². The molecule has 1 saturated heterocycles. The zero-order valence-electron chi connectivity index (χ0n) is 16.5. The van der Waals surface area contributed by atoms with Gasteiger partial charge in [-0.1, -0.05) is 49.6 Å².